The van der Waals surface area contributed by atoms with Crippen LogP contribution in [0.5, 0.6) is 11.5 Å². The molecule has 32 heavy (non-hydrogen) atoms. The molecule has 0 unspecified atom stereocenters. The normalized spacial score (nSPS) is 22.5. The molecule has 2 atom stereocenters. The van der Waals surface area contributed by atoms with Crippen LogP contribution in [0.25, 0.3) is 11.3 Å². The van der Waals surface area contributed by atoms with Gasteiger partial charge < -0.3 is 25.2 Å². The summed E-state index contributed by atoms with van der Waals surface area (Å²) >= 11 is 0. The molecule has 0 bridgehead atoms. The highest BCUT2D eigenvalue weighted by Crippen LogP contribution is 2.40. The zero-order valence-electron chi connectivity index (χ0n) is 18.3. The molecule has 5 rings (SSSR count). The van der Waals surface area contributed by atoms with Gasteiger partial charge in [-0.05, 0) is 38.3 Å². The van der Waals surface area contributed by atoms with Crippen molar-refractivity contribution >= 4 is 11.9 Å². The number of carbonyl (C=O) groups is 1. The molecule has 1 saturated carbocycles. The van der Waals surface area contributed by atoms with Gasteiger partial charge in [-0.1, -0.05) is 6.42 Å². The minimum atomic E-state index is 0.00107. The van der Waals surface area contributed by atoms with Crippen LogP contribution < -0.4 is 15.4 Å². The summed E-state index contributed by atoms with van der Waals surface area (Å²) in [7, 11) is 0. The third kappa shape index (κ3) is 4.21. The molecule has 3 N–H and O–H groups in total. The van der Waals surface area contributed by atoms with Crippen LogP contribution >= 0.6 is 0 Å². The van der Waals surface area contributed by atoms with E-state index in [0.717, 1.165) is 50.2 Å². The minimum absolute atomic E-state index is 0.00107. The Hall–Kier alpha value is -2.94. The van der Waals surface area contributed by atoms with Crippen LogP contribution in [-0.2, 0) is 16.0 Å². The van der Waals surface area contributed by atoms with Crippen LogP contribution in [0.3, 0.4) is 0 Å². The van der Waals surface area contributed by atoms with Crippen molar-refractivity contribution in [2.24, 2.45) is 11.8 Å². The predicted molar refractivity (Wildman–Crippen MR) is 118 cm³/mol. The highest BCUT2D eigenvalue weighted by molar-refractivity contribution is 5.79. The van der Waals surface area contributed by atoms with E-state index >= 15 is 0 Å². The van der Waals surface area contributed by atoms with E-state index < -0.39 is 0 Å². The molecular weight excluding hydrogens is 410 g/mol. The van der Waals surface area contributed by atoms with Crippen molar-refractivity contribution < 1.29 is 19.4 Å². The molecule has 3 aliphatic rings. The Balaban J connectivity index is 1.23. The third-order valence-corrected chi connectivity index (χ3v) is 6.62. The van der Waals surface area contributed by atoms with Crippen LogP contribution in [0.4, 0.5) is 5.95 Å². The van der Waals surface area contributed by atoms with E-state index in [1.165, 1.54) is 0 Å². The number of phenolic OH excluding ortho intramolecular Hbond substituents is 1. The van der Waals surface area contributed by atoms with Crippen LogP contribution in [-0.4, -0.2) is 58.6 Å². The lowest BCUT2D eigenvalue weighted by atomic mass is 9.85. The molecule has 0 spiro atoms. The molecule has 0 radical (unpaired) electrons. The first-order chi connectivity index (χ1) is 15.6. The second-order valence-electron chi connectivity index (χ2n) is 8.96. The lowest BCUT2D eigenvalue weighted by Crippen LogP contribution is -2.43. The largest absolute Gasteiger partial charge is 0.507 e. The van der Waals surface area contributed by atoms with Crippen LogP contribution in [0.1, 0.15) is 36.9 Å². The zero-order chi connectivity index (χ0) is 22.1. The van der Waals surface area contributed by atoms with Gasteiger partial charge >= 0.3 is 0 Å². The molecule has 2 aromatic rings. The van der Waals surface area contributed by atoms with E-state index in [1.807, 2.05) is 13.0 Å². The average molecular weight is 440 g/mol. The molecule has 3 heterocycles. The number of hydrogen-bond donors (Lipinski definition) is 3. The molecule has 1 saturated heterocycles. The molecule has 2 aliphatic heterocycles. The van der Waals surface area contributed by atoms with Crippen molar-refractivity contribution in [2.75, 3.05) is 31.7 Å². The highest BCUT2D eigenvalue weighted by Gasteiger charge is 2.29. The average Bonchev–Trinajstić information content (AvgIpc) is 3.24. The van der Waals surface area contributed by atoms with Gasteiger partial charge in [-0.25, -0.2) is 4.98 Å². The van der Waals surface area contributed by atoms with Gasteiger partial charge in [-0.2, -0.15) is 0 Å². The Morgan fingerprint density at radius 2 is 2.12 bits per heavy atom. The fraction of sp³-hybridized carbons (Fsp3) is 0.565. The van der Waals surface area contributed by atoms with Crippen LogP contribution in [0.15, 0.2) is 12.1 Å². The summed E-state index contributed by atoms with van der Waals surface area (Å²) in [5.74, 6) is 1.95. The van der Waals surface area contributed by atoms with Crippen LogP contribution in [0.2, 0.25) is 0 Å². The van der Waals surface area contributed by atoms with Gasteiger partial charge in [0.05, 0.1) is 25.5 Å². The Morgan fingerprint density at radius 1 is 1.25 bits per heavy atom. The fourth-order valence-electron chi connectivity index (χ4n) is 4.70. The SMILES string of the molecule is Cc1nc(N[C@@H]2CCC[C@H](C(=O)NCC3COC3)C2)nnc1-c1ccc2c(c1O)CCO2. The number of anilines is 1. The number of nitrogens with zero attached hydrogens (tertiary/aromatic N) is 3. The summed E-state index contributed by atoms with van der Waals surface area (Å²) in [6.45, 7) is 4.62. The van der Waals surface area contributed by atoms with E-state index in [1.54, 1.807) is 6.07 Å². The highest BCUT2D eigenvalue weighted by atomic mass is 16.5. The lowest BCUT2D eigenvalue weighted by molar-refractivity contribution is -0.127. The van der Waals surface area contributed by atoms with Crippen LogP contribution in [0, 0.1) is 18.8 Å². The second-order valence-corrected chi connectivity index (χ2v) is 8.96. The smallest absolute Gasteiger partial charge is 0.243 e. The Bertz CT molecular complexity index is 1010. The predicted octanol–water partition coefficient (Wildman–Crippen LogP) is 2.22. The van der Waals surface area contributed by atoms with Gasteiger partial charge in [0.2, 0.25) is 11.9 Å². The Morgan fingerprint density at radius 3 is 2.91 bits per heavy atom. The maximum Gasteiger partial charge on any atom is 0.243 e. The number of benzene rings is 1. The molecule has 1 aromatic carbocycles. The van der Waals surface area contributed by atoms with E-state index in [4.69, 9.17) is 9.47 Å². The first-order valence-corrected chi connectivity index (χ1v) is 11.4. The molecule has 9 heteroatoms. The number of carbonyl (C=O) groups excluding carboxylic acids is 1. The van der Waals surface area contributed by atoms with Crippen molar-refractivity contribution in [3.05, 3.63) is 23.4 Å². The van der Waals surface area contributed by atoms with Crippen molar-refractivity contribution in [1.29, 1.82) is 0 Å². The number of nitrogens with one attached hydrogen (secondary N) is 2. The summed E-state index contributed by atoms with van der Waals surface area (Å²) in [6, 6.07) is 3.78. The fourth-order valence-corrected chi connectivity index (χ4v) is 4.70. The quantitative estimate of drug-likeness (QED) is 0.627. The Kier molecular flexibility index (Phi) is 5.82. The van der Waals surface area contributed by atoms with E-state index in [2.05, 4.69) is 25.8 Å². The number of aromatic nitrogens is 3. The molecule has 1 amide bonds. The van der Waals surface area contributed by atoms with Gasteiger partial charge in [0.15, 0.2) is 0 Å². The molecule has 1 aliphatic carbocycles. The number of rotatable bonds is 6. The number of fused-ring (bicyclic) bond motifs is 1. The summed E-state index contributed by atoms with van der Waals surface area (Å²) in [5.41, 5.74) is 2.67. The monoisotopic (exact) mass is 439 g/mol. The van der Waals surface area contributed by atoms with E-state index in [9.17, 15) is 9.90 Å². The van der Waals surface area contributed by atoms with Gasteiger partial charge in [-0.3, -0.25) is 4.79 Å². The van der Waals surface area contributed by atoms with E-state index in [-0.39, 0.29) is 23.6 Å². The second kappa shape index (κ2) is 8.90. The molecule has 9 nitrogen and oxygen atoms in total. The summed E-state index contributed by atoms with van der Waals surface area (Å²) in [5, 5.41) is 25.7. The first-order valence-electron chi connectivity index (χ1n) is 11.4. The summed E-state index contributed by atoms with van der Waals surface area (Å²) in [4.78, 5) is 17.1. The Labute approximate surface area is 186 Å². The van der Waals surface area contributed by atoms with Crippen molar-refractivity contribution in [2.45, 2.75) is 45.1 Å². The number of ether oxygens (including phenoxy) is 2. The summed E-state index contributed by atoms with van der Waals surface area (Å²) in [6.07, 6.45) is 4.29. The first kappa shape index (κ1) is 20.9. The molecule has 170 valence electrons. The van der Waals surface area contributed by atoms with Crippen molar-refractivity contribution in [3.63, 3.8) is 0 Å². The lowest BCUT2D eigenvalue weighted by Gasteiger charge is -2.30. The maximum atomic E-state index is 12.6. The van der Waals surface area contributed by atoms with E-state index in [0.29, 0.717) is 48.4 Å². The topological polar surface area (TPSA) is 118 Å². The number of amides is 1. The van der Waals surface area contributed by atoms with Gasteiger partial charge in [0.25, 0.3) is 0 Å². The van der Waals surface area contributed by atoms with Crippen molar-refractivity contribution in [3.8, 4) is 22.8 Å². The number of phenols is 1. The van der Waals surface area contributed by atoms with Crippen molar-refractivity contribution in [1.82, 2.24) is 20.5 Å². The number of aryl methyl sites for hydroxylation is 1. The third-order valence-electron chi connectivity index (χ3n) is 6.62. The number of hydrogen-bond acceptors (Lipinski definition) is 8. The standard InChI is InChI=1S/C23H29N5O4/c1-13-20(18-5-6-19-17(21(18)29)7-8-32-19)27-28-23(25-13)26-16-4-2-3-15(9-16)22(30)24-10-14-11-31-12-14/h5-6,14-16,29H,2-4,7-12H2,1H3,(H,24,30)(H,25,26,28)/t15-,16+/m0/s1. The number of aromatic hydroxyl groups is 1. The van der Waals surface area contributed by atoms with Gasteiger partial charge in [0.1, 0.15) is 17.2 Å². The molecule has 2 fully saturated rings. The molecular formula is C23H29N5O4. The maximum absolute atomic E-state index is 12.6. The molecule has 1 aromatic heterocycles. The zero-order valence-corrected chi connectivity index (χ0v) is 18.3. The van der Waals surface area contributed by atoms with Gasteiger partial charge in [0, 0.05) is 42.0 Å². The minimum Gasteiger partial charge on any atom is -0.507 e. The summed E-state index contributed by atoms with van der Waals surface area (Å²) < 4.78 is 10.7. The van der Waals surface area contributed by atoms with Gasteiger partial charge in [-0.15, -0.1) is 10.2 Å².